The van der Waals surface area contributed by atoms with Crippen molar-refractivity contribution in [1.82, 2.24) is 4.98 Å². The number of hydrogen-bond donors (Lipinski definition) is 1. The van der Waals surface area contributed by atoms with E-state index in [9.17, 15) is 10.1 Å². The molecule has 0 radical (unpaired) electrons. The Morgan fingerprint density at radius 1 is 1.29 bits per heavy atom. The topological polar surface area (TPSA) is 75.0 Å². The summed E-state index contributed by atoms with van der Waals surface area (Å²) in [6.07, 6.45) is 7.56. The molecule has 0 fully saturated rings. The smallest absolute Gasteiger partial charge is 0.257 e. The van der Waals surface area contributed by atoms with Gasteiger partial charge >= 0.3 is 0 Å². The van der Waals surface area contributed by atoms with Crippen LogP contribution in [0.1, 0.15) is 48.5 Å². The zero-order chi connectivity index (χ0) is 17.2. The van der Waals surface area contributed by atoms with Gasteiger partial charge in [0.25, 0.3) is 5.91 Å². The van der Waals surface area contributed by atoms with E-state index < -0.39 is 0 Å². The molecule has 0 atom stereocenters. The summed E-state index contributed by atoms with van der Waals surface area (Å²) in [4.78, 5) is 16.0. The summed E-state index contributed by atoms with van der Waals surface area (Å²) < 4.78 is 5.67. The van der Waals surface area contributed by atoms with Gasteiger partial charge in [0.05, 0.1) is 17.7 Å². The quantitative estimate of drug-likeness (QED) is 0.740. The Hall–Kier alpha value is -2.87. The first kappa shape index (κ1) is 17.5. The second-order valence-corrected chi connectivity index (χ2v) is 5.43. The third-order valence-corrected chi connectivity index (χ3v) is 3.54. The van der Waals surface area contributed by atoms with E-state index in [4.69, 9.17) is 4.74 Å². The zero-order valence-electron chi connectivity index (χ0n) is 13.8. The Kier molecular flexibility index (Phi) is 6.78. The number of carbonyl (C=O) groups is 1. The Bertz CT molecular complexity index is 708. The van der Waals surface area contributed by atoms with Gasteiger partial charge in [-0.05, 0) is 36.8 Å². The standard InChI is InChI=1S/C19H21N3O2/c1-2-3-4-5-11-24-18-9-8-17(12-16(18)13-20)22-19(23)15-7-6-10-21-14-15/h6-10,12,14H,2-5,11H2,1H3,(H,22,23). The van der Waals surface area contributed by atoms with E-state index in [1.165, 1.54) is 19.0 Å². The monoisotopic (exact) mass is 323 g/mol. The van der Waals surface area contributed by atoms with Crippen molar-refractivity contribution in [2.24, 2.45) is 0 Å². The molecule has 1 amide bonds. The number of nitriles is 1. The lowest BCUT2D eigenvalue weighted by Gasteiger charge is -2.10. The van der Waals surface area contributed by atoms with E-state index in [-0.39, 0.29) is 5.91 Å². The zero-order valence-corrected chi connectivity index (χ0v) is 13.8. The summed E-state index contributed by atoms with van der Waals surface area (Å²) in [5, 5.41) is 12.0. The van der Waals surface area contributed by atoms with Gasteiger partial charge in [-0.3, -0.25) is 9.78 Å². The number of nitrogens with one attached hydrogen (secondary N) is 1. The number of anilines is 1. The first-order valence-electron chi connectivity index (χ1n) is 8.13. The highest BCUT2D eigenvalue weighted by molar-refractivity contribution is 6.04. The van der Waals surface area contributed by atoms with E-state index >= 15 is 0 Å². The number of carbonyl (C=O) groups excluding carboxylic acids is 1. The average Bonchev–Trinajstić information content (AvgIpc) is 2.63. The summed E-state index contributed by atoms with van der Waals surface area (Å²) in [6.45, 7) is 2.75. The van der Waals surface area contributed by atoms with Crippen molar-refractivity contribution in [3.05, 3.63) is 53.9 Å². The largest absolute Gasteiger partial charge is 0.492 e. The van der Waals surface area contributed by atoms with E-state index in [1.54, 1.807) is 36.5 Å². The van der Waals surface area contributed by atoms with Gasteiger partial charge in [-0.25, -0.2) is 0 Å². The molecular formula is C19H21N3O2. The number of amides is 1. The molecule has 0 saturated heterocycles. The molecule has 0 aliphatic heterocycles. The van der Waals surface area contributed by atoms with Crippen LogP contribution in [-0.2, 0) is 0 Å². The molecular weight excluding hydrogens is 302 g/mol. The summed E-state index contributed by atoms with van der Waals surface area (Å²) in [5.41, 5.74) is 1.43. The molecule has 5 heteroatoms. The molecule has 0 aliphatic carbocycles. The first-order valence-corrected chi connectivity index (χ1v) is 8.13. The molecule has 0 unspecified atom stereocenters. The van der Waals surface area contributed by atoms with Gasteiger partial charge in [-0.1, -0.05) is 26.2 Å². The van der Waals surface area contributed by atoms with Gasteiger partial charge in [0, 0.05) is 18.1 Å². The predicted molar refractivity (Wildman–Crippen MR) is 93.0 cm³/mol. The van der Waals surface area contributed by atoms with E-state index in [1.807, 2.05) is 0 Å². The lowest BCUT2D eigenvalue weighted by molar-refractivity contribution is 0.102. The highest BCUT2D eigenvalue weighted by Crippen LogP contribution is 2.23. The third-order valence-electron chi connectivity index (χ3n) is 3.54. The van der Waals surface area contributed by atoms with Crippen molar-refractivity contribution < 1.29 is 9.53 Å². The van der Waals surface area contributed by atoms with Crippen LogP contribution in [0.15, 0.2) is 42.7 Å². The highest BCUT2D eigenvalue weighted by atomic mass is 16.5. The van der Waals surface area contributed by atoms with Crippen LogP contribution >= 0.6 is 0 Å². The summed E-state index contributed by atoms with van der Waals surface area (Å²) in [5.74, 6) is 0.286. The van der Waals surface area contributed by atoms with Crippen LogP contribution in [0.25, 0.3) is 0 Å². The molecule has 124 valence electrons. The van der Waals surface area contributed by atoms with Crippen LogP contribution in [0.2, 0.25) is 0 Å². The minimum atomic E-state index is -0.264. The van der Waals surface area contributed by atoms with Gasteiger partial charge in [-0.2, -0.15) is 5.26 Å². The minimum Gasteiger partial charge on any atom is -0.492 e. The Morgan fingerprint density at radius 2 is 2.17 bits per heavy atom. The number of pyridine rings is 1. The molecule has 1 aromatic heterocycles. The fourth-order valence-electron chi connectivity index (χ4n) is 2.23. The van der Waals surface area contributed by atoms with Gasteiger partial charge in [-0.15, -0.1) is 0 Å². The van der Waals surface area contributed by atoms with Crippen molar-refractivity contribution >= 4 is 11.6 Å². The van der Waals surface area contributed by atoms with E-state index in [0.29, 0.717) is 29.2 Å². The molecule has 1 heterocycles. The van der Waals surface area contributed by atoms with Crippen molar-refractivity contribution in [2.45, 2.75) is 32.6 Å². The lowest BCUT2D eigenvalue weighted by Crippen LogP contribution is -2.12. The maximum absolute atomic E-state index is 12.1. The summed E-state index contributed by atoms with van der Waals surface area (Å²) in [6, 6.07) is 10.6. The average molecular weight is 323 g/mol. The van der Waals surface area contributed by atoms with E-state index in [2.05, 4.69) is 23.3 Å². The molecule has 2 rings (SSSR count). The number of nitrogens with zero attached hydrogens (tertiary/aromatic N) is 2. The third kappa shape index (κ3) is 5.10. The van der Waals surface area contributed by atoms with Crippen LogP contribution < -0.4 is 10.1 Å². The van der Waals surface area contributed by atoms with Crippen molar-refractivity contribution in [2.75, 3.05) is 11.9 Å². The van der Waals surface area contributed by atoms with Gasteiger partial charge in [0.2, 0.25) is 0 Å². The molecule has 0 bridgehead atoms. The normalized spacial score (nSPS) is 10.0. The highest BCUT2D eigenvalue weighted by Gasteiger charge is 2.09. The maximum atomic E-state index is 12.1. The molecule has 5 nitrogen and oxygen atoms in total. The SMILES string of the molecule is CCCCCCOc1ccc(NC(=O)c2cccnc2)cc1C#N. The van der Waals surface area contributed by atoms with Crippen LogP contribution in [0, 0.1) is 11.3 Å². The Balaban J connectivity index is 1.98. The molecule has 24 heavy (non-hydrogen) atoms. The number of hydrogen-bond acceptors (Lipinski definition) is 4. The molecule has 0 spiro atoms. The fraction of sp³-hybridized carbons (Fsp3) is 0.316. The van der Waals surface area contributed by atoms with Crippen LogP contribution in [0.5, 0.6) is 5.75 Å². The van der Waals surface area contributed by atoms with Crippen molar-refractivity contribution in [3.8, 4) is 11.8 Å². The lowest BCUT2D eigenvalue weighted by atomic mass is 10.1. The second kappa shape index (κ2) is 9.31. The number of ether oxygens (including phenoxy) is 1. The molecule has 1 aromatic carbocycles. The van der Waals surface area contributed by atoms with Crippen LogP contribution in [0.4, 0.5) is 5.69 Å². The van der Waals surface area contributed by atoms with Gasteiger partial charge in [0.1, 0.15) is 11.8 Å². The maximum Gasteiger partial charge on any atom is 0.257 e. The van der Waals surface area contributed by atoms with Gasteiger partial charge in [0.15, 0.2) is 0 Å². The van der Waals surface area contributed by atoms with E-state index in [0.717, 1.165) is 12.8 Å². The number of unbranched alkanes of at least 4 members (excludes halogenated alkanes) is 3. The molecule has 1 N–H and O–H groups in total. The van der Waals surface area contributed by atoms with Crippen LogP contribution in [0.3, 0.4) is 0 Å². The molecule has 2 aromatic rings. The Labute approximate surface area is 142 Å². The fourth-order valence-corrected chi connectivity index (χ4v) is 2.23. The molecule has 0 saturated carbocycles. The van der Waals surface area contributed by atoms with Crippen LogP contribution in [-0.4, -0.2) is 17.5 Å². The van der Waals surface area contributed by atoms with Crippen molar-refractivity contribution in [1.29, 1.82) is 5.26 Å². The van der Waals surface area contributed by atoms with Gasteiger partial charge < -0.3 is 10.1 Å². The summed E-state index contributed by atoms with van der Waals surface area (Å²) in [7, 11) is 0. The minimum absolute atomic E-state index is 0.264. The second-order valence-electron chi connectivity index (χ2n) is 5.43. The Morgan fingerprint density at radius 3 is 2.88 bits per heavy atom. The predicted octanol–water partition coefficient (Wildman–Crippen LogP) is 4.16. The first-order chi connectivity index (χ1) is 11.7. The number of rotatable bonds is 8. The van der Waals surface area contributed by atoms with Crippen molar-refractivity contribution in [3.63, 3.8) is 0 Å². The molecule has 0 aliphatic rings. The number of benzene rings is 1. The summed E-state index contributed by atoms with van der Waals surface area (Å²) >= 11 is 0. The number of aromatic nitrogens is 1.